The molecule has 8 nitrogen and oxygen atoms in total. The van der Waals surface area contributed by atoms with Crippen LogP contribution in [0, 0.1) is 17.2 Å². The van der Waals surface area contributed by atoms with E-state index in [1.165, 1.54) is 0 Å². The minimum atomic E-state index is -0.716. The molecule has 1 saturated carbocycles. The smallest absolute Gasteiger partial charge is 0.411 e. The fourth-order valence-corrected chi connectivity index (χ4v) is 5.91. The molecule has 3 aliphatic rings. The van der Waals surface area contributed by atoms with Gasteiger partial charge in [-0.1, -0.05) is 36.4 Å². The van der Waals surface area contributed by atoms with Crippen molar-refractivity contribution in [2.45, 2.75) is 83.0 Å². The number of carbonyl (C=O) groups is 3. The SMILES string of the molecule is CC(C)(C)OC(=O)N1C2CCC(C2)C1C(=O)NC(C#N)Cc1ccc(-c2ccc3c(c2)NC(=O)CC3)cc1. The number of nitriles is 1. The van der Waals surface area contributed by atoms with Gasteiger partial charge < -0.3 is 15.4 Å². The number of anilines is 1. The molecule has 2 aliphatic heterocycles. The lowest BCUT2D eigenvalue weighted by Gasteiger charge is -2.35. The number of hydrogen-bond acceptors (Lipinski definition) is 5. The van der Waals surface area contributed by atoms with E-state index in [-0.39, 0.29) is 23.8 Å². The van der Waals surface area contributed by atoms with Crippen molar-refractivity contribution in [1.29, 1.82) is 5.26 Å². The van der Waals surface area contributed by atoms with Crippen molar-refractivity contribution < 1.29 is 19.1 Å². The summed E-state index contributed by atoms with van der Waals surface area (Å²) in [7, 11) is 0. The standard InChI is InChI=1S/C30H34N4O4/c1-30(2,3)38-29(37)34-24-12-10-22(15-24)27(34)28(36)32-23(17-31)14-18-4-6-19(7-5-18)21-9-8-20-11-13-26(35)33-25(20)16-21/h4-9,16,22-24,27H,10-15H2,1-3H3,(H,32,36)(H,33,35). The summed E-state index contributed by atoms with van der Waals surface area (Å²) < 4.78 is 5.59. The van der Waals surface area contributed by atoms with Gasteiger partial charge in [0.05, 0.1) is 6.07 Å². The monoisotopic (exact) mass is 514 g/mol. The minimum Gasteiger partial charge on any atom is -0.444 e. The number of aryl methyl sites for hydroxylation is 1. The van der Waals surface area contributed by atoms with Crippen molar-refractivity contribution in [3.63, 3.8) is 0 Å². The zero-order valence-electron chi connectivity index (χ0n) is 22.1. The molecule has 2 aromatic carbocycles. The topological polar surface area (TPSA) is 112 Å². The molecule has 8 heteroatoms. The van der Waals surface area contributed by atoms with Crippen LogP contribution in [0.1, 0.15) is 57.6 Å². The van der Waals surface area contributed by atoms with Gasteiger partial charge in [-0.2, -0.15) is 5.26 Å². The first kappa shape index (κ1) is 25.8. The Kier molecular flexibility index (Phi) is 6.87. The second-order valence-corrected chi connectivity index (χ2v) is 11.6. The molecule has 2 fully saturated rings. The average molecular weight is 515 g/mol. The van der Waals surface area contributed by atoms with E-state index >= 15 is 0 Å². The van der Waals surface area contributed by atoms with Gasteiger partial charge in [-0.15, -0.1) is 0 Å². The quantitative estimate of drug-likeness (QED) is 0.607. The first-order valence-corrected chi connectivity index (χ1v) is 13.3. The summed E-state index contributed by atoms with van der Waals surface area (Å²) in [5.74, 6) is -0.163. The Morgan fingerprint density at radius 3 is 2.58 bits per heavy atom. The molecule has 5 rings (SSSR count). The Morgan fingerprint density at radius 1 is 1.13 bits per heavy atom. The Balaban J connectivity index is 1.24. The summed E-state index contributed by atoms with van der Waals surface area (Å²) in [5.41, 5.74) is 4.28. The number of hydrogen-bond donors (Lipinski definition) is 2. The second kappa shape index (κ2) is 10.1. The van der Waals surface area contributed by atoms with E-state index in [1.54, 1.807) is 4.90 Å². The number of ether oxygens (including phenoxy) is 1. The van der Waals surface area contributed by atoms with Crippen LogP contribution < -0.4 is 10.6 Å². The van der Waals surface area contributed by atoms with Crippen molar-refractivity contribution in [2.24, 2.45) is 5.92 Å². The molecular weight excluding hydrogens is 480 g/mol. The van der Waals surface area contributed by atoms with Crippen molar-refractivity contribution in [3.8, 4) is 17.2 Å². The number of piperidine rings is 1. The molecule has 1 saturated heterocycles. The lowest BCUT2D eigenvalue weighted by atomic mass is 9.96. The molecular formula is C30H34N4O4. The third kappa shape index (κ3) is 5.38. The van der Waals surface area contributed by atoms with E-state index in [9.17, 15) is 19.6 Å². The van der Waals surface area contributed by atoms with Gasteiger partial charge in [-0.25, -0.2) is 4.79 Å². The van der Waals surface area contributed by atoms with E-state index in [0.29, 0.717) is 12.8 Å². The number of amides is 3. The normalized spacial score (nSPS) is 22.7. The largest absolute Gasteiger partial charge is 0.444 e. The van der Waals surface area contributed by atoms with Crippen LogP contribution in [-0.4, -0.2) is 46.5 Å². The summed E-state index contributed by atoms with van der Waals surface area (Å²) in [6.07, 6.45) is 3.72. The van der Waals surface area contributed by atoms with Crippen LogP contribution in [0.4, 0.5) is 10.5 Å². The van der Waals surface area contributed by atoms with Crippen LogP contribution in [0.2, 0.25) is 0 Å². The Labute approximate surface area is 223 Å². The van der Waals surface area contributed by atoms with Gasteiger partial charge >= 0.3 is 6.09 Å². The van der Waals surface area contributed by atoms with Crippen molar-refractivity contribution in [1.82, 2.24) is 10.2 Å². The third-order valence-corrected chi connectivity index (χ3v) is 7.66. The van der Waals surface area contributed by atoms with Gasteiger partial charge in [0, 0.05) is 24.6 Å². The number of benzene rings is 2. The van der Waals surface area contributed by atoms with Crippen LogP contribution in [0.15, 0.2) is 42.5 Å². The summed E-state index contributed by atoms with van der Waals surface area (Å²) in [6, 6.07) is 14.9. The molecule has 0 spiro atoms. The molecule has 1 aliphatic carbocycles. The maximum atomic E-state index is 13.3. The average Bonchev–Trinajstić information content (AvgIpc) is 3.49. The zero-order valence-corrected chi connectivity index (χ0v) is 22.1. The molecule has 198 valence electrons. The highest BCUT2D eigenvalue weighted by Crippen LogP contribution is 2.43. The Hall–Kier alpha value is -3.86. The highest BCUT2D eigenvalue weighted by Gasteiger charge is 2.52. The van der Waals surface area contributed by atoms with Crippen LogP contribution in [0.25, 0.3) is 11.1 Å². The molecule has 4 atom stereocenters. The lowest BCUT2D eigenvalue weighted by molar-refractivity contribution is -0.128. The summed E-state index contributed by atoms with van der Waals surface area (Å²) >= 11 is 0. The highest BCUT2D eigenvalue weighted by atomic mass is 16.6. The minimum absolute atomic E-state index is 0.00981. The number of likely N-dealkylation sites (tertiary alicyclic amines) is 1. The molecule has 2 bridgehead atoms. The first-order chi connectivity index (χ1) is 18.1. The molecule has 0 radical (unpaired) electrons. The van der Waals surface area contributed by atoms with Crippen molar-refractivity contribution in [3.05, 3.63) is 53.6 Å². The van der Waals surface area contributed by atoms with Crippen LogP contribution in [0.5, 0.6) is 0 Å². The first-order valence-electron chi connectivity index (χ1n) is 13.3. The van der Waals surface area contributed by atoms with Gasteiger partial charge in [-0.3, -0.25) is 14.5 Å². The maximum Gasteiger partial charge on any atom is 0.411 e. The summed E-state index contributed by atoms with van der Waals surface area (Å²) in [5, 5.41) is 15.6. The van der Waals surface area contributed by atoms with Gasteiger partial charge in [0.15, 0.2) is 0 Å². The Bertz CT molecular complexity index is 1290. The molecule has 2 N–H and O–H groups in total. The predicted octanol–water partition coefficient (Wildman–Crippen LogP) is 4.58. The fraction of sp³-hybridized carbons (Fsp3) is 0.467. The van der Waals surface area contributed by atoms with E-state index in [4.69, 9.17) is 4.74 Å². The van der Waals surface area contributed by atoms with Crippen LogP contribution in [-0.2, 0) is 27.2 Å². The molecule has 4 unspecified atom stereocenters. The number of rotatable bonds is 5. The van der Waals surface area contributed by atoms with Gasteiger partial charge in [-0.05, 0) is 80.7 Å². The number of carbonyl (C=O) groups excluding carboxylic acids is 3. The number of nitrogens with zero attached hydrogens (tertiary/aromatic N) is 2. The fourth-order valence-electron chi connectivity index (χ4n) is 5.91. The maximum absolute atomic E-state index is 13.3. The van der Waals surface area contributed by atoms with Gasteiger partial charge in [0.25, 0.3) is 0 Å². The van der Waals surface area contributed by atoms with E-state index < -0.39 is 23.8 Å². The predicted molar refractivity (Wildman–Crippen MR) is 143 cm³/mol. The lowest BCUT2D eigenvalue weighted by Crippen LogP contribution is -2.55. The van der Waals surface area contributed by atoms with E-state index in [1.807, 2.05) is 51.1 Å². The zero-order chi connectivity index (χ0) is 27.0. The van der Waals surface area contributed by atoms with Crippen molar-refractivity contribution in [2.75, 3.05) is 5.32 Å². The van der Waals surface area contributed by atoms with Gasteiger partial charge in [0.1, 0.15) is 17.7 Å². The van der Waals surface area contributed by atoms with Crippen LogP contribution >= 0.6 is 0 Å². The Morgan fingerprint density at radius 2 is 1.87 bits per heavy atom. The molecule has 38 heavy (non-hydrogen) atoms. The second-order valence-electron chi connectivity index (χ2n) is 11.6. The molecule has 0 aromatic heterocycles. The van der Waals surface area contributed by atoms with Gasteiger partial charge in [0.2, 0.25) is 11.8 Å². The highest BCUT2D eigenvalue weighted by molar-refractivity contribution is 5.94. The summed E-state index contributed by atoms with van der Waals surface area (Å²) in [4.78, 5) is 39.6. The van der Waals surface area contributed by atoms with E-state index in [2.05, 4.69) is 28.8 Å². The van der Waals surface area contributed by atoms with E-state index in [0.717, 1.165) is 53.6 Å². The molecule has 2 heterocycles. The van der Waals surface area contributed by atoms with Crippen LogP contribution in [0.3, 0.4) is 0 Å². The van der Waals surface area contributed by atoms with Crippen molar-refractivity contribution >= 4 is 23.6 Å². The summed E-state index contributed by atoms with van der Waals surface area (Å²) in [6.45, 7) is 5.44. The molecule has 3 amide bonds. The number of nitrogens with one attached hydrogen (secondary N) is 2. The third-order valence-electron chi connectivity index (χ3n) is 7.66. The molecule has 2 aromatic rings. The number of fused-ring (bicyclic) bond motifs is 3.